The summed E-state index contributed by atoms with van der Waals surface area (Å²) in [4.78, 5) is 0. The summed E-state index contributed by atoms with van der Waals surface area (Å²) in [6.45, 7) is 7.26. The summed E-state index contributed by atoms with van der Waals surface area (Å²) >= 11 is 0. The first-order valence-electron chi connectivity index (χ1n) is 6.27. The minimum atomic E-state index is -0.150. The number of aryl methyl sites for hydroxylation is 1. The highest BCUT2D eigenvalue weighted by atomic mass is 16.5. The minimum Gasteiger partial charge on any atom is -0.496 e. The molecule has 1 aromatic rings. The zero-order chi connectivity index (χ0) is 14.5. The van der Waals surface area contributed by atoms with Gasteiger partial charge in [-0.15, -0.1) is 0 Å². The molecule has 0 atom stereocenters. The molecule has 0 heterocycles. The molecule has 0 amide bonds. The van der Waals surface area contributed by atoms with Gasteiger partial charge in [-0.2, -0.15) is 5.26 Å². The van der Waals surface area contributed by atoms with Gasteiger partial charge in [-0.05, 0) is 24.6 Å². The molecule has 4 heteroatoms. The van der Waals surface area contributed by atoms with E-state index in [4.69, 9.17) is 14.7 Å². The van der Waals surface area contributed by atoms with Gasteiger partial charge >= 0.3 is 0 Å². The summed E-state index contributed by atoms with van der Waals surface area (Å²) in [5.74, 6) is 1.70. The van der Waals surface area contributed by atoms with E-state index in [2.05, 4.69) is 25.2 Å². The van der Waals surface area contributed by atoms with Gasteiger partial charge in [-0.1, -0.05) is 13.8 Å². The third-order valence-corrected chi connectivity index (χ3v) is 3.22. The third kappa shape index (κ3) is 3.62. The highest BCUT2D eigenvalue weighted by molar-refractivity contribution is 5.49. The van der Waals surface area contributed by atoms with E-state index < -0.39 is 0 Å². The first kappa shape index (κ1) is 15.3. The Balaban J connectivity index is 3.12. The van der Waals surface area contributed by atoms with Crippen molar-refractivity contribution < 1.29 is 9.47 Å². The Hall–Kier alpha value is -1.73. The Morgan fingerprint density at radius 2 is 1.84 bits per heavy atom. The zero-order valence-electron chi connectivity index (χ0n) is 12.3. The van der Waals surface area contributed by atoms with E-state index in [0.717, 1.165) is 22.6 Å². The maximum atomic E-state index is 8.60. The number of rotatable bonds is 6. The molecule has 1 rings (SSSR count). The highest BCUT2D eigenvalue weighted by Crippen LogP contribution is 2.36. The van der Waals surface area contributed by atoms with E-state index in [-0.39, 0.29) is 5.41 Å². The molecule has 1 aromatic carbocycles. The van der Waals surface area contributed by atoms with Crippen LogP contribution in [0.2, 0.25) is 0 Å². The molecule has 0 unspecified atom stereocenters. The Morgan fingerprint density at radius 3 is 2.37 bits per heavy atom. The van der Waals surface area contributed by atoms with Gasteiger partial charge in [0.1, 0.15) is 11.5 Å². The zero-order valence-corrected chi connectivity index (χ0v) is 12.3. The third-order valence-electron chi connectivity index (χ3n) is 3.22. The fraction of sp³-hybridized carbons (Fsp3) is 0.533. The van der Waals surface area contributed by atoms with E-state index in [1.54, 1.807) is 14.2 Å². The van der Waals surface area contributed by atoms with Crippen LogP contribution in [0.1, 0.15) is 25.0 Å². The number of nitrogens with zero attached hydrogens (tertiary/aromatic N) is 1. The first-order chi connectivity index (χ1) is 8.96. The van der Waals surface area contributed by atoms with Crippen molar-refractivity contribution in [3.05, 3.63) is 23.3 Å². The lowest BCUT2D eigenvalue weighted by atomic mass is 9.83. The van der Waals surface area contributed by atoms with Crippen molar-refractivity contribution in [1.82, 2.24) is 5.32 Å². The average Bonchev–Trinajstić information content (AvgIpc) is 2.38. The molecule has 0 bridgehead atoms. The van der Waals surface area contributed by atoms with Gasteiger partial charge in [-0.3, -0.25) is 0 Å². The number of nitriles is 1. The van der Waals surface area contributed by atoms with Crippen LogP contribution >= 0.6 is 0 Å². The predicted octanol–water partition coefficient (Wildman–Crippen LogP) is 2.40. The van der Waals surface area contributed by atoms with Crippen LogP contribution in [0.15, 0.2) is 12.1 Å². The average molecular weight is 262 g/mol. The van der Waals surface area contributed by atoms with Crippen molar-refractivity contribution in [3.8, 4) is 17.6 Å². The van der Waals surface area contributed by atoms with E-state index in [1.807, 2.05) is 19.1 Å². The van der Waals surface area contributed by atoms with Crippen LogP contribution in [0.3, 0.4) is 0 Å². The summed E-state index contributed by atoms with van der Waals surface area (Å²) in [5.41, 5.74) is 1.97. The Bertz CT molecular complexity index is 476. The van der Waals surface area contributed by atoms with Crippen molar-refractivity contribution in [3.63, 3.8) is 0 Å². The van der Waals surface area contributed by atoms with Crippen LogP contribution in [0.5, 0.6) is 11.5 Å². The van der Waals surface area contributed by atoms with Gasteiger partial charge in [0.2, 0.25) is 0 Å². The second-order valence-electron chi connectivity index (χ2n) is 5.17. The minimum absolute atomic E-state index is 0.150. The van der Waals surface area contributed by atoms with Crippen LogP contribution in [-0.4, -0.2) is 27.3 Å². The van der Waals surface area contributed by atoms with Crippen molar-refractivity contribution in [2.75, 3.05) is 27.3 Å². The molecule has 0 radical (unpaired) electrons. The number of hydrogen-bond donors (Lipinski definition) is 1. The fourth-order valence-corrected chi connectivity index (χ4v) is 2.11. The molecule has 0 aliphatic rings. The lowest BCUT2D eigenvalue weighted by Gasteiger charge is -2.28. The van der Waals surface area contributed by atoms with Crippen LogP contribution in [-0.2, 0) is 5.41 Å². The topological polar surface area (TPSA) is 54.3 Å². The fourth-order valence-electron chi connectivity index (χ4n) is 2.11. The molecule has 4 nitrogen and oxygen atoms in total. The maximum Gasteiger partial charge on any atom is 0.123 e. The Morgan fingerprint density at radius 1 is 1.21 bits per heavy atom. The Labute approximate surface area is 115 Å². The lowest BCUT2D eigenvalue weighted by Crippen LogP contribution is -2.33. The van der Waals surface area contributed by atoms with Gasteiger partial charge < -0.3 is 14.8 Å². The number of nitrogens with one attached hydrogen (secondary N) is 1. The van der Waals surface area contributed by atoms with Gasteiger partial charge in [-0.25, -0.2) is 0 Å². The quantitative estimate of drug-likeness (QED) is 0.632. The summed E-state index contributed by atoms with van der Waals surface area (Å²) < 4.78 is 10.8. The molecule has 104 valence electrons. The number of hydrogen-bond acceptors (Lipinski definition) is 4. The van der Waals surface area contributed by atoms with Crippen molar-refractivity contribution in [1.29, 1.82) is 5.26 Å². The molecule has 0 aromatic heterocycles. The van der Waals surface area contributed by atoms with Crippen LogP contribution in [0.25, 0.3) is 0 Å². The smallest absolute Gasteiger partial charge is 0.123 e. The van der Waals surface area contributed by atoms with E-state index in [0.29, 0.717) is 13.1 Å². The van der Waals surface area contributed by atoms with Crippen LogP contribution in [0, 0.1) is 18.3 Å². The van der Waals surface area contributed by atoms with Gasteiger partial charge in [0, 0.05) is 17.5 Å². The van der Waals surface area contributed by atoms with Crippen molar-refractivity contribution in [2.45, 2.75) is 26.2 Å². The SMILES string of the molecule is COc1cc(C(C)(C)CNCC#N)c(OC)cc1C. The molecule has 19 heavy (non-hydrogen) atoms. The van der Waals surface area contributed by atoms with Crippen LogP contribution in [0.4, 0.5) is 0 Å². The second-order valence-corrected chi connectivity index (χ2v) is 5.17. The summed E-state index contributed by atoms with van der Waals surface area (Å²) in [6, 6.07) is 6.09. The molecular formula is C15H22N2O2. The first-order valence-corrected chi connectivity index (χ1v) is 6.27. The van der Waals surface area contributed by atoms with E-state index in [1.165, 1.54) is 0 Å². The van der Waals surface area contributed by atoms with Crippen molar-refractivity contribution >= 4 is 0 Å². The van der Waals surface area contributed by atoms with Gasteiger partial charge in [0.25, 0.3) is 0 Å². The largest absolute Gasteiger partial charge is 0.496 e. The van der Waals surface area contributed by atoms with Crippen molar-refractivity contribution in [2.24, 2.45) is 0 Å². The van der Waals surface area contributed by atoms with Crippen LogP contribution < -0.4 is 14.8 Å². The Kier molecular flexibility index (Phi) is 5.20. The normalized spacial score (nSPS) is 10.9. The molecule has 1 N–H and O–H groups in total. The predicted molar refractivity (Wildman–Crippen MR) is 75.8 cm³/mol. The molecular weight excluding hydrogens is 240 g/mol. The summed E-state index contributed by atoms with van der Waals surface area (Å²) in [7, 11) is 3.34. The molecule has 0 fully saturated rings. The van der Waals surface area contributed by atoms with E-state index >= 15 is 0 Å². The standard InChI is InChI=1S/C15H22N2O2/c1-11-8-14(19-5)12(9-13(11)18-4)15(2,3)10-17-7-6-16/h8-9,17H,7,10H2,1-5H3. The maximum absolute atomic E-state index is 8.60. The summed E-state index contributed by atoms with van der Waals surface area (Å²) in [6.07, 6.45) is 0. The monoisotopic (exact) mass is 262 g/mol. The molecule has 0 aliphatic carbocycles. The highest BCUT2D eigenvalue weighted by Gasteiger charge is 2.25. The number of ether oxygens (including phenoxy) is 2. The van der Waals surface area contributed by atoms with E-state index in [9.17, 15) is 0 Å². The number of benzene rings is 1. The van der Waals surface area contributed by atoms with Gasteiger partial charge in [0.05, 0.1) is 26.8 Å². The summed E-state index contributed by atoms with van der Waals surface area (Å²) in [5, 5.41) is 11.7. The second kappa shape index (κ2) is 6.44. The van der Waals surface area contributed by atoms with Gasteiger partial charge in [0.15, 0.2) is 0 Å². The number of methoxy groups -OCH3 is 2. The lowest BCUT2D eigenvalue weighted by molar-refractivity contribution is 0.378. The molecule has 0 saturated carbocycles. The molecule has 0 saturated heterocycles. The molecule has 0 aliphatic heterocycles. The molecule has 0 spiro atoms.